The summed E-state index contributed by atoms with van der Waals surface area (Å²) in [6.45, 7) is 3.12. The maximum atomic E-state index is 13.4. The van der Waals surface area contributed by atoms with Crippen LogP contribution in [-0.2, 0) is 13.1 Å². The van der Waals surface area contributed by atoms with Crippen LogP contribution in [0.5, 0.6) is 5.88 Å². The topological polar surface area (TPSA) is 81.8 Å². The van der Waals surface area contributed by atoms with Gasteiger partial charge >= 0.3 is 0 Å². The van der Waals surface area contributed by atoms with Gasteiger partial charge in [0.05, 0.1) is 43.1 Å². The minimum absolute atomic E-state index is 0.272. The molecule has 0 fully saturated rings. The molecular weight excluding hydrogens is 397 g/mol. The summed E-state index contributed by atoms with van der Waals surface area (Å²) in [5, 5.41) is 8.78. The van der Waals surface area contributed by atoms with Crippen molar-refractivity contribution in [2.45, 2.75) is 20.0 Å². The van der Waals surface area contributed by atoms with Gasteiger partial charge in [0.1, 0.15) is 11.5 Å². The Morgan fingerprint density at radius 1 is 1.00 bits per heavy atom. The largest absolute Gasteiger partial charge is 0.481 e. The molecule has 0 aliphatic carbocycles. The van der Waals surface area contributed by atoms with Crippen molar-refractivity contribution in [2.75, 3.05) is 14.2 Å². The van der Waals surface area contributed by atoms with E-state index in [4.69, 9.17) is 4.74 Å². The van der Waals surface area contributed by atoms with Crippen molar-refractivity contribution in [3.63, 3.8) is 0 Å². The lowest BCUT2D eigenvalue weighted by atomic mass is 10.1. The van der Waals surface area contributed by atoms with Gasteiger partial charge in [0.2, 0.25) is 5.88 Å². The summed E-state index contributed by atoms with van der Waals surface area (Å²) in [6.07, 6.45) is 3.34. The van der Waals surface area contributed by atoms with E-state index in [1.54, 1.807) is 25.6 Å². The standard InChI is InChI=1S/C22H20FN7O/c1-13-8-14(23)4-5-15(13)16-9-25-17(10-24-16)22-28-27-20-12-29(2)11-18-19(30(20)22)6-7-21(26-18)31-3/h4-10H,11-12H2,1-3H3. The van der Waals surface area contributed by atoms with Crippen LogP contribution in [0.3, 0.4) is 0 Å². The second-order valence-electron chi connectivity index (χ2n) is 7.51. The number of aryl methyl sites for hydroxylation is 1. The Hall–Kier alpha value is -3.72. The maximum absolute atomic E-state index is 13.4. The molecule has 31 heavy (non-hydrogen) atoms. The molecule has 0 N–H and O–H groups in total. The minimum atomic E-state index is -0.272. The van der Waals surface area contributed by atoms with Crippen LogP contribution in [0.15, 0.2) is 42.7 Å². The second-order valence-corrected chi connectivity index (χ2v) is 7.51. The van der Waals surface area contributed by atoms with E-state index >= 15 is 0 Å². The van der Waals surface area contributed by atoms with E-state index in [1.165, 1.54) is 12.1 Å². The van der Waals surface area contributed by atoms with E-state index in [-0.39, 0.29) is 5.82 Å². The first-order valence-electron chi connectivity index (χ1n) is 9.79. The maximum Gasteiger partial charge on any atom is 0.213 e. The van der Waals surface area contributed by atoms with E-state index in [0.717, 1.165) is 28.3 Å². The monoisotopic (exact) mass is 417 g/mol. The smallest absolute Gasteiger partial charge is 0.213 e. The first-order valence-corrected chi connectivity index (χ1v) is 9.79. The van der Waals surface area contributed by atoms with Gasteiger partial charge in [0.25, 0.3) is 0 Å². The highest BCUT2D eigenvalue weighted by Crippen LogP contribution is 2.29. The molecule has 9 heteroatoms. The number of rotatable bonds is 3. The zero-order chi connectivity index (χ0) is 21.5. The fourth-order valence-corrected chi connectivity index (χ4v) is 3.80. The summed E-state index contributed by atoms with van der Waals surface area (Å²) in [4.78, 5) is 15.9. The van der Waals surface area contributed by atoms with Gasteiger partial charge in [-0.25, -0.2) is 14.4 Å². The van der Waals surface area contributed by atoms with Crippen molar-refractivity contribution in [2.24, 2.45) is 0 Å². The van der Waals surface area contributed by atoms with Gasteiger partial charge in [-0.15, -0.1) is 10.2 Å². The van der Waals surface area contributed by atoms with Crippen LogP contribution in [0.25, 0.3) is 28.5 Å². The number of pyridine rings is 1. The lowest BCUT2D eigenvalue weighted by Crippen LogP contribution is -2.17. The highest BCUT2D eigenvalue weighted by molar-refractivity contribution is 5.64. The van der Waals surface area contributed by atoms with E-state index in [2.05, 4.69) is 30.0 Å². The first kappa shape index (κ1) is 19.3. The van der Waals surface area contributed by atoms with E-state index in [0.29, 0.717) is 36.2 Å². The summed E-state index contributed by atoms with van der Waals surface area (Å²) in [5.41, 5.74) is 4.66. The third kappa shape index (κ3) is 3.42. The number of hydrogen-bond donors (Lipinski definition) is 0. The van der Waals surface area contributed by atoms with Crippen LogP contribution in [0.1, 0.15) is 17.1 Å². The molecule has 1 aliphatic rings. The summed E-state index contributed by atoms with van der Waals surface area (Å²) in [7, 11) is 3.61. The van der Waals surface area contributed by atoms with Gasteiger partial charge in [-0.2, -0.15) is 0 Å². The molecular formula is C22H20FN7O. The van der Waals surface area contributed by atoms with Crippen LogP contribution < -0.4 is 4.74 Å². The molecule has 0 spiro atoms. The molecule has 0 bridgehead atoms. The molecule has 0 saturated carbocycles. The van der Waals surface area contributed by atoms with Gasteiger partial charge in [-0.1, -0.05) is 0 Å². The third-order valence-electron chi connectivity index (χ3n) is 5.28. The van der Waals surface area contributed by atoms with Crippen LogP contribution >= 0.6 is 0 Å². The Morgan fingerprint density at radius 3 is 2.55 bits per heavy atom. The van der Waals surface area contributed by atoms with Crippen molar-refractivity contribution >= 4 is 0 Å². The molecule has 4 aromatic rings. The zero-order valence-corrected chi connectivity index (χ0v) is 17.4. The summed E-state index contributed by atoms with van der Waals surface area (Å²) >= 11 is 0. The van der Waals surface area contributed by atoms with Crippen molar-refractivity contribution in [3.05, 3.63) is 65.6 Å². The molecule has 1 aromatic carbocycles. The lowest BCUT2D eigenvalue weighted by molar-refractivity contribution is 0.309. The molecule has 1 aliphatic heterocycles. The van der Waals surface area contributed by atoms with Gasteiger partial charge in [0, 0.05) is 18.2 Å². The summed E-state index contributed by atoms with van der Waals surface area (Å²) in [5.74, 6) is 1.67. The average Bonchev–Trinajstić information content (AvgIpc) is 3.10. The second kappa shape index (κ2) is 7.51. The number of benzene rings is 1. The van der Waals surface area contributed by atoms with Gasteiger partial charge in [0.15, 0.2) is 11.6 Å². The van der Waals surface area contributed by atoms with Crippen molar-refractivity contribution in [1.29, 1.82) is 0 Å². The van der Waals surface area contributed by atoms with E-state index in [9.17, 15) is 4.39 Å². The molecule has 3 aromatic heterocycles. The predicted octanol–water partition coefficient (Wildman–Crippen LogP) is 3.19. The molecule has 8 nitrogen and oxygen atoms in total. The summed E-state index contributed by atoms with van der Waals surface area (Å²) < 4.78 is 20.7. The highest BCUT2D eigenvalue weighted by atomic mass is 19.1. The zero-order valence-electron chi connectivity index (χ0n) is 17.4. The normalized spacial score (nSPS) is 13.4. The van der Waals surface area contributed by atoms with Crippen LogP contribution in [-0.4, -0.2) is 48.8 Å². The van der Waals surface area contributed by atoms with Gasteiger partial charge in [-0.05, 0) is 43.8 Å². The fourth-order valence-electron chi connectivity index (χ4n) is 3.80. The van der Waals surface area contributed by atoms with E-state index in [1.807, 2.05) is 30.7 Å². The molecule has 0 amide bonds. The van der Waals surface area contributed by atoms with Gasteiger partial charge in [-0.3, -0.25) is 14.5 Å². The molecule has 0 atom stereocenters. The Morgan fingerprint density at radius 2 is 1.81 bits per heavy atom. The molecule has 0 unspecified atom stereocenters. The minimum Gasteiger partial charge on any atom is -0.481 e. The Kier molecular flexibility index (Phi) is 4.67. The number of nitrogens with zero attached hydrogens (tertiary/aromatic N) is 7. The third-order valence-corrected chi connectivity index (χ3v) is 5.28. The van der Waals surface area contributed by atoms with Crippen LogP contribution in [0, 0.1) is 12.7 Å². The number of hydrogen-bond acceptors (Lipinski definition) is 7. The van der Waals surface area contributed by atoms with Crippen LogP contribution in [0.2, 0.25) is 0 Å². The molecule has 5 rings (SSSR count). The predicted molar refractivity (Wildman–Crippen MR) is 112 cm³/mol. The Labute approximate surface area is 178 Å². The highest BCUT2D eigenvalue weighted by Gasteiger charge is 2.25. The first-order chi connectivity index (χ1) is 15.0. The Balaban J connectivity index is 1.59. The number of aromatic nitrogens is 6. The molecule has 0 saturated heterocycles. The number of halogens is 1. The van der Waals surface area contributed by atoms with Gasteiger partial charge < -0.3 is 4.74 Å². The van der Waals surface area contributed by atoms with Crippen LogP contribution in [0.4, 0.5) is 4.39 Å². The van der Waals surface area contributed by atoms with E-state index < -0.39 is 0 Å². The summed E-state index contributed by atoms with van der Waals surface area (Å²) in [6, 6.07) is 8.40. The number of fused-ring (bicyclic) bond motifs is 3. The molecule has 156 valence electrons. The van der Waals surface area contributed by atoms with Crippen molar-refractivity contribution in [1.82, 2.24) is 34.6 Å². The number of ether oxygens (including phenoxy) is 1. The Bertz CT molecular complexity index is 1270. The number of methoxy groups -OCH3 is 1. The fraction of sp³-hybridized carbons (Fsp3) is 0.227. The average molecular weight is 417 g/mol. The lowest BCUT2D eigenvalue weighted by Gasteiger charge is -2.13. The molecule has 0 radical (unpaired) electrons. The molecule has 4 heterocycles. The quantitative estimate of drug-likeness (QED) is 0.506. The SMILES string of the molecule is COc1ccc2c(n1)CN(C)Cc1nnc(-c3cnc(-c4ccc(F)cc4C)cn3)n1-2. The van der Waals surface area contributed by atoms with Crippen molar-refractivity contribution < 1.29 is 9.13 Å². The van der Waals surface area contributed by atoms with Crippen molar-refractivity contribution in [3.8, 4) is 34.3 Å².